The highest BCUT2D eigenvalue weighted by Crippen LogP contribution is 2.28. The van der Waals surface area contributed by atoms with Crippen molar-refractivity contribution in [3.05, 3.63) is 60.8 Å². The number of hydrogen-bond donors (Lipinski definition) is 2. The van der Waals surface area contributed by atoms with Crippen LogP contribution in [-0.2, 0) is 14.8 Å². The van der Waals surface area contributed by atoms with Gasteiger partial charge in [-0.05, 0) is 49.4 Å². The SMILES string of the molecule is CC(=O)Nc1ccc(S(=O)(=O)Nc2nc3ccccc3nc2N2C=CC(C)=NC2)cc1. The number of para-hydroxylation sites is 2. The molecule has 10 heteroatoms. The molecule has 0 aliphatic carbocycles. The number of nitrogens with zero attached hydrogens (tertiary/aromatic N) is 4. The maximum atomic E-state index is 13.0. The van der Waals surface area contributed by atoms with Crippen LogP contribution < -0.4 is 14.9 Å². The van der Waals surface area contributed by atoms with Crippen LogP contribution >= 0.6 is 0 Å². The van der Waals surface area contributed by atoms with Crippen molar-refractivity contribution in [3.63, 3.8) is 0 Å². The number of hydrogen-bond acceptors (Lipinski definition) is 7. The zero-order valence-corrected chi connectivity index (χ0v) is 17.7. The Labute approximate surface area is 179 Å². The molecule has 2 heterocycles. The summed E-state index contributed by atoms with van der Waals surface area (Å²) in [5.41, 5.74) is 2.57. The minimum absolute atomic E-state index is 0.0329. The Morgan fingerprint density at radius 2 is 1.71 bits per heavy atom. The fourth-order valence-electron chi connectivity index (χ4n) is 2.99. The lowest BCUT2D eigenvalue weighted by Crippen LogP contribution is -2.24. The predicted octanol–water partition coefficient (Wildman–Crippen LogP) is 3.14. The molecule has 0 atom stereocenters. The molecule has 0 spiro atoms. The Morgan fingerprint density at radius 1 is 1.03 bits per heavy atom. The van der Waals surface area contributed by atoms with Crippen LogP contribution in [0.5, 0.6) is 0 Å². The molecule has 1 amide bonds. The Hall–Kier alpha value is -3.79. The molecule has 0 saturated heterocycles. The normalized spacial score (nSPS) is 13.7. The molecule has 3 aromatic rings. The van der Waals surface area contributed by atoms with Crippen molar-refractivity contribution in [3.8, 4) is 0 Å². The van der Waals surface area contributed by atoms with Gasteiger partial charge in [0.15, 0.2) is 11.6 Å². The number of benzene rings is 2. The van der Waals surface area contributed by atoms with Crippen molar-refractivity contribution in [2.75, 3.05) is 21.6 Å². The van der Waals surface area contributed by atoms with E-state index in [4.69, 9.17) is 0 Å². The van der Waals surface area contributed by atoms with E-state index in [0.717, 1.165) is 5.71 Å². The van der Waals surface area contributed by atoms with Gasteiger partial charge in [0.05, 0.1) is 15.9 Å². The molecule has 0 unspecified atom stereocenters. The highest BCUT2D eigenvalue weighted by molar-refractivity contribution is 7.92. The molecule has 1 aliphatic rings. The number of aromatic nitrogens is 2. The van der Waals surface area contributed by atoms with Gasteiger partial charge in [-0.2, -0.15) is 0 Å². The van der Waals surface area contributed by atoms with Crippen LogP contribution in [-0.4, -0.2) is 36.7 Å². The van der Waals surface area contributed by atoms with E-state index in [1.54, 1.807) is 17.2 Å². The lowest BCUT2D eigenvalue weighted by atomic mass is 10.3. The first-order valence-corrected chi connectivity index (χ1v) is 10.9. The van der Waals surface area contributed by atoms with Gasteiger partial charge in [-0.3, -0.25) is 14.5 Å². The summed E-state index contributed by atoms with van der Waals surface area (Å²) >= 11 is 0. The lowest BCUT2D eigenvalue weighted by Gasteiger charge is -2.23. The summed E-state index contributed by atoms with van der Waals surface area (Å²) in [6.45, 7) is 3.57. The van der Waals surface area contributed by atoms with Gasteiger partial charge in [0.1, 0.15) is 6.67 Å². The number of aliphatic imine (C=N–C) groups is 1. The van der Waals surface area contributed by atoms with Crippen molar-refractivity contribution >= 4 is 50.0 Å². The zero-order valence-electron chi connectivity index (χ0n) is 16.9. The molecular formula is C21H20N6O3S. The largest absolute Gasteiger partial charge is 0.326 e. The van der Waals surface area contributed by atoms with E-state index in [1.165, 1.54) is 31.2 Å². The number of rotatable bonds is 5. The highest BCUT2D eigenvalue weighted by Gasteiger charge is 2.22. The van der Waals surface area contributed by atoms with Gasteiger partial charge in [0.25, 0.3) is 10.0 Å². The number of carbonyl (C=O) groups excluding carboxylic acids is 1. The first-order valence-electron chi connectivity index (χ1n) is 9.45. The van der Waals surface area contributed by atoms with Crippen LogP contribution in [0.1, 0.15) is 13.8 Å². The maximum absolute atomic E-state index is 13.0. The van der Waals surface area contributed by atoms with Crippen molar-refractivity contribution in [1.82, 2.24) is 9.97 Å². The third kappa shape index (κ3) is 4.53. The summed E-state index contributed by atoms with van der Waals surface area (Å²) in [5, 5.41) is 2.61. The van der Waals surface area contributed by atoms with Crippen molar-refractivity contribution in [1.29, 1.82) is 0 Å². The molecule has 1 aromatic heterocycles. The van der Waals surface area contributed by atoms with Gasteiger partial charge in [-0.15, -0.1) is 0 Å². The minimum Gasteiger partial charge on any atom is -0.326 e. The second kappa shape index (κ2) is 8.15. The van der Waals surface area contributed by atoms with E-state index in [0.29, 0.717) is 29.2 Å². The van der Waals surface area contributed by atoms with Crippen molar-refractivity contribution in [2.45, 2.75) is 18.7 Å². The third-order valence-corrected chi connectivity index (χ3v) is 5.86. The summed E-state index contributed by atoms with van der Waals surface area (Å²) < 4.78 is 28.6. The Bertz CT molecular complexity index is 1320. The smallest absolute Gasteiger partial charge is 0.263 e. The number of amides is 1. The van der Waals surface area contributed by atoms with E-state index < -0.39 is 10.0 Å². The first-order chi connectivity index (χ1) is 14.8. The summed E-state index contributed by atoms with van der Waals surface area (Å²) in [5.74, 6) is 0.214. The molecular weight excluding hydrogens is 416 g/mol. The molecule has 158 valence electrons. The number of nitrogens with one attached hydrogen (secondary N) is 2. The molecule has 0 radical (unpaired) electrons. The van der Waals surface area contributed by atoms with Gasteiger partial charge in [0.2, 0.25) is 5.91 Å². The minimum atomic E-state index is -3.95. The standard InChI is InChI=1S/C21H20N6O3S/c1-14-11-12-27(13-22-14)21-20(24-18-5-3-4-6-19(18)25-21)26-31(29,30)17-9-7-16(8-10-17)23-15(2)28/h3-12H,13H2,1-2H3,(H,23,28)(H,24,26). The molecule has 9 nitrogen and oxygen atoms in total. The third-order valence-electron chi connectivity index (χ3n) is 4.51. The molecule has 31 heavy (non-hydrogen) atoms. The quantitative estimate of drug-likeness (QED) is 0.635. The molecule has 0 bridgehead atoms. The average Bonchev–Trinajstić information content (AvgIpc) is 2.74. The molecule has 1 aliphatic heterocycles. The summed E-state index contributed by atoms with van der Waals surface area (Å²) in [6, 6.07) is 13.1. The number of allylic oxidation sites excluding steroid dienone is 1. The van der Waals surface area contributed by atoms with Gasteiger partial charge >= 0.3 is 0 Å². The fraction of sp³-hybridized carbons (Fsp3) is 0.143. The van der Waals surface area contributed by atoms with Crippen molar-refractivity contribution in [2.24, 2.45) is 4.99 Å². The van der Waals surface area contributed by atoms with E-state index in [2.05, 4.69) is 25.0 Å². The van der Waals surface area contributed by atoms with E-state index in [-0.39, 0.29) is 16.6 Å². The van der Waals surface area contributed by atoms with Crippen LogP contribution in [0.4, 0.5) is 17.3 Å². The second-order valence-electron chi connectivity index (χ2n) is 6.92. The van der Waals surface area contributed by atoms with Gasteiger partial charge < -0.3 is 10.2 Å². The number of fused-ring (bicyclic) bond motifs is 1. The van der Waals surface area contributed by atoms with Gasteiger partial charge in [-0.25, -0.2) is 18.4 Å². The molecule has 2 N–H and O–H groups in total. The highest BCUT2D eigenvalue weighted by atomic mass is 32.2. The maximum Gasteiger partial charge on any atom is 0.263 e. The molecule has 4 rings (SSSR count). The van der Waals surface area contributed by atoms with Crippen LogP contribution in [0.3, 0.4) is 0 Å². The topological polar surface area (TPSA) is 117 Å². The van der Waals surface area contributed by atoms with Gasteiger partial charge in [0, 0.05) is 24.5 Å². The fourth-order valence-corrected chi connectivity index (χ4v) is 3.99. The van der Waals surface area contributed by atoms with Crippen LogP contribution in [0, 0.1) is 0 Å². The molecule has 2 aromatic carbocycles. The zero-order chi connectivity index (χ0) is 22.0. The average molecular weight is 436 g/mol. The summed E-state index contributed by atoms with van der Waals surface area (Å²) in [7, 11) is -3.95. The van der Waals surface area contributed by atoms with Crippen LogP contribution in [0.25, 0.3) is 11.0 Å². The predicted molar refractivity (Wildman–Crippen MR) is 121 cm³/mol. The number of sulfonamides is 1. The number of carbonyl (C=O) groups is 1. The summed E-state index contributed by atoms with van der Waals surface area (Å²) in [6.07, 6.45) is 3.61. The van der Waals surface area contributed by atoms with Crippen LogP contribution in [0.2, 0.25) is 0 Å². The Kier molecular flexibility index (Phi) is 5.38. The summed E-state index contributed by atoms with van der Waals surface area (Å²) in [4.78, 5) is 26.4. The van der Waals surface area contributed by atoms with E-state index in [1.807, 2.05) is 31.2 Å². The lowest BCUT2D eigenvalue weighted by molar-refractivity contribution is -0.114. The van der Waals surface area contributed by atoms with Crippen LogP contribution in [0.15, 0.2) is 70.7 Å². The molecule has 0 fully saturated rings. The second-order valence-corrected chi connectivity index (χ2v) is 8.60. The Morgan fingerprint density at radius 3 is 2.32 bits per heavy atom. The van der Waals surface area contributed by atoms with Crippen molar-refractivity contribution < 1.29 is 13.2 Å². The van der Waals surface area contributed by atoms with E-state index in [9.17, 15) is 13.2 Å². The first kappa shape index (κ1) is 20.5. The number of anilines is 3. The Balaban J connectivity index is 1.71. The molecule has 0 saturated carbocycles. The van der Waals surface area contributed by atoms with Gasteiger partial charge in [-0.1, -0.05) is 12.1 Å². The monoisotopic (exact) mass is 436 g/mol. The van der Waals surface area contributed by atoms with E-state index >= 15 is 0 Å².